The molecule has 0 bridgehead atoms. The van der Waals surface area contributed by atoms with E-state index in [1.807, 2.05) is 0 Å². The highest BCUT2D eigenvalue weighted by Crippen LogP contribution is 2.16. The molecule has 0 amide bonds. The Labute approximate surface area is 62.6 Å². The predicted molar refractivity (Wildman–Crippen MR) is 34.7 cm³/mol. The fourth-order valence-electron chi connectivity index (χ4n) is 0.277. The summed E-state index contributed by atoms with van der Waals surface area (Å²) in [4.78, 5) is 0. The highest BCUT2D eigenvalue weighted by molar-refractivity contribution is 7.94. The fourth-order valence-corrected chi connectivity index (χ4v) is 0.831. The van der Waals surface area contributed by atoms with Crippen LogP contribution < -0.4 is 0 Å². The van der Waals surface area contributed by atoms with Crippen LogP contribution in [0.15, 0.2) is 11.5 Å². The maximum Gasteiger partial charge on any atom is 0.410 e. The van der Waals surface area contributed by atoms with Crippen LogP contribution in [0.2, 0.25) is 0 Å². The fraction of sp³-hybridized carbons (Fsp3) is 0.600. The largest absolute Gasteiger partial charge is 0.410 e. The normalized spacial score (nSPS) is 14.2. The van der Waals surface area contributed by atoms with E-state index < -0.39 is 16.0 Å². The summed E-state index contributed by atoms with van der Waals surface area (Å²) in [6.07, 6.45) is -4.84. The van der Waals surface area contributed by atoms with Gasteiger partial charge >= 0.3 is 6.18 Å². The molecule has 0 radical (unpaired) electrons. The van der Waals surface area contributed by atoms with Crippen molar-refractivity contribution in [3.8, 4) is 0 Å². The lowest BCUT2D eigenvalue weighted by Gasteiger charge is -1.96. The molecule has 0 aliphatic heterocycles. The molecule has 0 atom stereocenters. The van der Waals surface area contributed by atoms with Crippen LogP contribution in [0.4, 0.5) is 13.2 Å². The molecule has 2 nitrogen and oxygen atoms in total. The van der Waals surface area contributed by atoms with Crippen LogP contribution >= 0.6 is 0 Å². The van der Waals surface area contributed by atoms with Crippen molar-refractivity contribution in [2.45, 2.75) is 13.1 Å². The number of rotatable bonds is 2. The van der Waals surface area contributed by atoms with Crippen molar-refractivity contribution in [2.75, 3.05) is 5.75 Å². The van der Waals surface area contributed by atoms with E-state index in [0.29, 0.717) is 0 Å². The van der Waals surface area contributed by atoms with Crippen LogP contribution in [0, 0.1) is 0 Å². The lowest BCUT2D eigenvalue weighted by Crippen LogP contribution is -2.04. The minimum atomic E-state index is -4.55. The van der Waals surface area contributed by atoms with Gasteiger partial charge in [0.1, 0.15) is 0 Å². The molecule has 0 aromatic rings. The number of hydrogen-bond donors (Lipinski definition) is 0. The first kappa shape index (κ1) is 10.5. The topological polar surface area (TPSA) is 34.1 Å². The number of alkyl halides is 3. The standard InChI is InChI=1S/C5H7F3O2S/c1-2-11(9,10)4-3-5(6,7)8/h3-4H,2H2,1H3/b4-3-. The van der Waals surface area contributed by atoms with E-state index in [2.05, 4.69) is 0 Å². The van der Waals surface area contributed by atoms with E-state index in [9.17, 15) is 21.6 Å². The van der Waals surface area contributed by atoms with Crippen LogP contribution in [0.25, 0.3) is 0 Å². The van der Waals surface area contributed by atoms with Crippen LogP contribution in [0.5, 0.6) is 0 Å². The minimum absolute atomic E-state index is 0.174. The van der Waals surface area contributed by atoms with E-state index in [4.69, 9.17) is 0 Å². The maximum atomic E-state index is 11.4. The molecule has 0 rings (SSSR count). The molecule has 0 unspecified atom stereocenters. The summed E-state index contributed by atoms with van der Waals surface area (Å²) in [5, 5.41) is 0.174. The Hall–Kier alpha value is -0.520. The summed E-state index contributed by atoms with van der Waals surface area (Å²) in [7, 11) is -3.65. The quantitative estimate of drug-likeness (QED) is 0.658. The molecule has 66 valence electrons. The van der Waals surface area contributed by atoms with Gasteiger partial charge in [-0.25, -0.2) is 8.42 Å². The molecule has 0 aromatic carbocycles. The van der Waals surface area contributed by atoms with Crippen molar-refractivity contribution in [3.05, 3.63) is 11.5 Å². The second-order valence-electron chi connectivity index (χ2n) is 1.80. The molecule has 0 N–H and O–H groups in total. The van der Waals surface area contributed by atoms with E-state index in [-0.39, 0.29) is 17.2 Å². The number of sulfone groups is 1. The molecule has 0 heterocycles. The molecule has 0 aromatic heterocycles. The van der Waals surface area contributed by atoms with E-state index in [1.165, 1.54) is 6.92 Å². The second-order valence-corrected chi connectivity index (χ2v) is 3.97. The zero-order valence-electron chi connectivity index (χ0n) is 5.72. The summed E-state index contributed by atoms with van der Waals surface area (Å²) in [6.45, 7) is 1.27. The van der Waals surface area contributed by atoms with Crippen molar-refractivity contribution in [2.24, 2.45) is 0 Å². The summed E-state index contributed by atoms with van der Waals surface area (Å²) < 4.78 is 55.0. The lowest BCUT2D eigenvalue weighted by atomic mass is 10.6. The number of allylic oxidation sites excluding steroid dienone is 1. The molecule has 0 fully saturated rings. The Balaban J connectivity index is 4.39. The van der Waals surface area contributed by atoms with Gasteiger partial charge in [0.05, 0.1) is 5.75 Å². The summed E-state index contributed by atoms with van der Waals surface area (Å²) >= 11 is 0. The van der Waals surface area contributed by atoms with Crippen molar-refractivity contribution < 1.29 is 21.6 Å². The van der Waals surface area contributed by atoms with Gasteiger partial charge in [-0.15, -0.1) is 0 Å². The zero-order valence-corrected chi connectivity index (χ0v) is 6.54. The average Bonchev–Trinajstić information content (AvgIpc) is 1.83. The monoisotopic (exact) mass is 188 g/mol. The van der Waals surface area contributed by atoms with Gasteiger partial charge in [0.15, 0.2) is 9.84 Å². The molecule has 0 aliphatic carbocycles. The Morgan fingerprint density at radius 3 is 2.09 bits per heavy atom. The molecular formula is C5H7F3O2S. The molecule has 0 saturated heterocycles. The highest BCUT2D eigenvalue weighted by atomic mass is 32.2. The smallest absolute Gasteiger partial charge is 0.224 e. The molecule has 0 spiro atoms. The second kappa shape index (κ2) is 3.25. The van der Waals surface area contributed by atoms with Gasteiger partial charge in [0, 0.05) is 11.5 Å². The first-order valence-corrected chi connectivity index (χ1v) is 4.47. The van der Waals surface area contributed by atoms with Crippen molar-refractivity contribution in [3.63, 3.8) is 0 Å². The van der Waals surface area contributed by atoms with E-state index >= 15 is 0 Å². The molecule has 11 heavy (non-hydrogen) atoms. The molecule has 0 aliphatic rings. The Kier molecular flexibility index (Phi) is 3.10. The molecule has 0 saturated carbocycles. The van der Waals surface area contributed by atoms with Gasteiger partial charge in [-0.3, -0.25) is 0 Å². The van der Waals surface area contributed by atoms with Gasteiger partial charge < -0.3 is 0 Å². The summed E-state index contributed by atoms with van der Waals surface area (Å²) in [6, 6.07) is 0. The lowest BCUT2D eigenvalue weighted by molar-refractivity contribution is -0.0797. The van der Waals surface area contributed by atoms with Gasteiger partial charge in [-0.05, 0) is 0 Å². The Morgan fingerprint density at radius 1 is 1.36 bits per heavy atom. The zero-order chi connectivity index (χ0) is 9.12. The van der Waals surface area contributed by atoms with Crippen LogP contribution in [0.3, 0.4) is 0 Å². The maximum absolute atomic E-state index is 11.4. The van der Waals surface area contributed by atoms with Gasteiger partial charge in [-0.1, -0.05) is 6.92 Å². The van der Waals surface area contributed by atoms with Crippen molar-refractivity contribution in [1.82, 2.24) is 0 Å². The third-order valence-electron chi connectivity index (χ3n) is 0.867. The molecule has 6 heteroatoms. The SMILES string of the molecule is CCS(=O)(=O)/C=C\C(F)(F)F. The number of halogens is 3. The van der Waals surface area contributed by atoms with Crippen LogP contribution in [-0.2, 0) is 9.84 Å². The van der Waals surface area contributed by atoms with Crippen LogP contribution in [0.1, 0.15) is 6.92 Å². The average molecular weight is 188 g/mol. The first-order valence-electron chi connectivity index (χ1n) is 2.75. The minimum Gasteiger partial charge on any atom is -0.224 e. The summed E-state index contributed by atoms with van der Waals surface area (Å²) in [5.41, 5.74) is 0. The van der Waals surface area contributed by atoms with E-state index in [1.54, 1.807) is 0 Å². The third-order valence-corrected chi connectivity index (χ3v) is 2.22. The Morgan fingerprint density at radius 2 is 1.82 bits per heavy atom. The van der Waals surface area contributed by atoms with Crippen molar-refractivity contribution >= 4 is 9.84 Å². The van der Waals surface area contributed by atoms with Crippen LogP contribution in [-0.4, -0.2) is 20.3 Å². The Bertz CT molecular complexity index is 237. The van der Waals surface area contributed by atoms with Crippen molar-refractivity contribution in [1.29, 1.82) is 0 Å². The van der Waals surface area contributed by atoms with Gasteiger partial charge in [0.25, 0.3) is 0 Å². The highest BCUT2D eigenvalue weighted by Gasteiger charge is 2.23. The predicted octanol–water partition coefficient (Wildman–Crippen LogP) is 1.50. The van der Waals surface area contributed by atoms with E-state index in [0.717, 1.165) is 0 Å². The first-order chi connectivity index (χ1) is 4.77. The number of hydrogen-bond acceptors (Lipinski definition) is 2. The van der Waals surface area contributed by atoms with Gasteiger partial charge in [0.2, 0.25) is 0 Å². The molecular weight excluding hydrogens is 181 g/mol. The summed E-state index contributed by atoms with van der Waals surface area (Å²) in [5.74, 6) is -0.320. The van der Waals surface area contributed by atoms with Gasteiger partial charge in [-0.2, -0.15) is 13.2 Å². The third kappa shape index (κ3) is 5.90.